The van der Waals surface area contributed by atoms with Crippen molar-refractivity contribution in [2.75, 3.05) is 35.0 Å². The van der Waals surface area contributed by atoms with Crippen LogP contribution in [-0.2, 0) is 4.79 Å². The molecule has 7 nitrogen and oxygen atoms in total. The summed E-state index contributed by atoms with van der Waals surface area (Å²) in [4.78, 5) is 19.3. The number of carbonyl (C=O) groups excluding carboxylic acids is 1. The molecule has 34 heavy (non-hydrogen) atoms. The van der Waals surface area contributed by atoms with Crippen molar-refractivity contribution >= 4 is 80.9 Å². The molecule has 178 valence electrons. The first-order valence-electron chi connectivity index (χ1n) is 10.0. The first-order valence-corrected chi connectivity index (χ1v) is 11.7. The Bertz CT molecular complexity index is 1230. The van der Waals surface area contributed by atoms with Crippen molar-refractivity contribution in [2.45, 2.75) is 6.92 Å². The van der Waals surface area contributed by atoms with E-state index in [1.54, 1.807) is 38.6 Å². The van der Waals surface area contributed by atoms with E-state index < -0.39 is 0 Å². The molecule has 1 aromatic heterocycles. The highest BCUT2D eigenvalue weighted by molar-refractivity contribution is 14.1. The molecule has 0 unspecified atom stereocenters. The van der Waals surface area contributed by atoms with Crippen LogP contribution < -0.4 is 23.2 Å². The first-order chi connectivity index (χ1) is 16.2. The van der Waals surface area contributed by atoms with Crippen LogP contribution in [0.2, 0.25) is 10.0 Å². The Kier molecular flexibility index (Phi) is 8.51. The number of aryl methyl sites for hydroxylation is 1. The van der Waals surface area contributed by atoms with Gasteiger partial charge in [0.1, 0.15) is 5.82 Å². The van der Waals surface area contributed by atoms with Crippen molar-refractivity contribution in [2.24, 2.45) is 0 Å². The second-order valence-corrected chi connectivity index (χ2v) is 9.06. The molecule has 0 fully saturated rings. The topological polar surface area (TPSA) is 80.9 Å². The molecule has 2 N–H and O–H groups in total. The van der Waals surface area contributed by atoms with E-state index in [4.69, 9.17) is 38.4 Å². The fourth-order valence-corrected chi connectivity index (χ4v) is 4.84. The zero-order chi connectivity index (χ0) is 25.0. The number of rotatable bonds is 7. The number of hydrogen-bond acceptors (Lipinski definition) is 6. The quantitative estimate of drug-likeness (QED) is 0.143. The minimum atomic E-state index is -0.323. The van der Waals surface area contributed by atoms with Gasteiger partial charge in [0.05, 0.1) is 53.5 Å². The molecule has 3 rings (SSSR count). The largest absolute Gasteiger partial charge is 0.493 e. The van der Waals surface area contributed by atoms with Gasteiger partial charge in [-0.25, -0.2) is 8.10 Å². The third kappa shape index (κ3) is 5.51. The normalized spacial score (nSPS) is 10.9. The second-order valence-electron chi connectivity index (χ2n) is 7.25. The fourth-order valence-electron chi connectivity index (χ4n) is 3.40. The van der Waals surface area contributed by atoms with Crippen LogP contribution in [0.25, 0.3) is 6.08 Å². The van der Waals surface area contributed by atoms with Gasteiger partial charge in [-0.3, -0.25) is 4.79 Å². The van der Waals surface area contributed by atoms with Gasteiger partial charge >= 0.3 is 0 Å². The van der Waals surface area contributed by atoms with E-state index in [1.165, 1.54) is 15.3 Å². The molecule has 3 aromatic rings. The lowest BCUT2D eigenvalue weighted by atomic mass is 10.1. The van der Waals surface area contributed by atoms with E-state index in [9.17, 15) is 4.79 Å². The summed E-state index contributed by atoms with van der Waals surface area (Å²) < 4.78 is 12.3. The number of nitrogens with two attached hydrogens (primary N) is 1. The van der Waals surface area contributed by atoms with Crippen molar-refractivity contribution in [1.82, 2.24) is 4.98 Å². The summed E-state index contributed by atoms with van der Waals surface area (Å²) in [5.41, 5.74) is 9.23. The summed E-state index contributed by atoms with van der Waals surface area (Å²) in [5, 5.41) is 0.680. The molecule has 0 aliphatic heterocycles. The number of aromatic nitrogens is 1. The third-order valence-electron chi connectivity index (χ3n) is 5.02. The van der Waals surface area contributed by atoms with Crippen molar-refractivity contribution in [1.29, 1.82) is 0 Å². The number of hydrogen-bond donors (Lipinski definition) is 1. The molecular weight excluding hydrogens is 590 g/mol. The molecule has 0 spiro atoms. The first kappa shape index (κ1) is 25.9. The monoisotopic (exact) mass is 612 g/mol. The van der Waals surface area contributed by atoms with Gasteiger partial charge in [0.2, 0.25) is 0 Å². The van der Waals surface area contributed by atoms with Gasteiger partial charge in [0.25, 0.3) is 5.91 Å². The Labute approximate surface area is 222 Å². The smallest absolute Gasteiger partial charge is 0.260 e. The van der Waals surface area contributed by atoms with Gasteiger partial charge in [0, 0.05) is 41.7 Å². The van der Waals surface area contributed by atoms with Crippen molar-refractivity contribution < 1.29 is 14.3 Å². The predicted molar refractivity (Wildman–Crippen MR) is 148 cm³/mol. The van der Waals surface area contributed by atoms with Crippen molar-refractivity contribution in [3.8, 4) is 11.5 Å². The summed E-state index contributed by atoms with van der Waals surface area (Å²) in [6.45, 7) is 1.94. The van der Waals surface area contributed by atoms with Gasteiger partial charge < -0.3 is 20.1 Å². The molecule has 1 amide bonds. The fraction of sp³-hybridized carbons (Fsp3) is 0.167. The molecule has 2 aromatic carbocycles. The average Bonchev–Trinajstić information content (AvgIpc) is 2.80. The minimum Gasteiger partial charge on any atom is -0.493 e. The van der Waals surface area contributed by atoms with E-state index in [2.05, 4.69) is 4.98 Å². The number of nitrogen functional groups attached to an aromatic ring is 1. The zero-order valence-corrected chi connectivity index (χ0v) is 22.6. The Morgan fingerprint density at radius 3 is 2.56 bits per heavy atom. The summed E-state index contributed by atoms with van der Waals surface area (Å²) in [6.07, 6.45) is 4.82. The molecule has 0 aliphatic carbocycles. The number of methoxy groups -OCH3 is 2. The molecule has 0 bridgehead atoms. The van der Waals surface area contributed by atoms with Gasteiger partial charge in [-0.15, -0.1) is 0 Å². The molecule has 10 heteroatoms. The molecular formula is C24H23Cl2IN4O3. The maximum atomic E-state index is 12.9. The molecule has 1 heterocycles. The number of anilines is 4. The van der Waals surface area contributed by atoms with Crippen LogP contribution in [0.15, 0.2) is 48.7 Å². The summed E-state index contributed by atoms with van der Waals surface area (Å²) in [6, 6.07) is 10.6. The molecule has 0 saturated heterocycles. The zero-order valence-electron chi connectivity index (χ0n) is 19.0. The molecule has 0 atom stereocenters. The molecule has 0 radical (unpaired) electrons. The number of amides is 1. The third-order valence-corrected chi connectivity index (χ3v) is 6.49. The summed E-state index contributed by atoms with van der Waals surface area (Å²) in [5.74, 6) is 1.62. The van der Waals surface area contributed by atoms with Crippen LogP contribution in [0.5, 0.6) is 11.5 Å². The van der Waals surface area contributed by atoms with Crippen LogP contribution in [-0.4, -0.2) is 32.2 Å². The summed E-state index contributed by atoms with van der Waals surface area (Å²) in [7, 11) is 5.09. The van der Waals surface area contributed by atoms with Gasteiger partial charge in [-0.05, 0) is 48.9 Å². The van der Waals surface area contributed by atoms with Crippen LogP contribution in [0.3, 0.4) is 0 Å². The van der Waals surface area contributed by atoms with E-state index in [0.29, 0.717) is 33.7 Å². The van der Waals surface area contributed by atoms with E-state index >= 15 is 0 Å². The maximum absolute atomic E-state index is 12.9. The SMILES string of the molecule is COc1cc(N(C)c2ncccc2/C=C/C(=O)N(I)c2c(N)cc(Cl)cc2Cl)cc(C)c1OC. The van der Waals surface area contributed by atoms with E-state index in [0.717, 1.165) is 16.8 Å². The Morgan fingerprint density at radius 2 is 1.91 bits per heavy atom. The predicted octanol–water partition coefficient (Wildman–Crippen LogP) is 6.46. The maximum Gasteiger partial charge on any atom is 0.260 e. The molecule has 0 aliphatic rings. The Balaban J connectivity index is 1.91. The van der Waals surface area contributed by atoms with Crippen molar-refractivity contribution in [3.05, 3.63) is 69.8 Å². The number of halogens is 3. The standard InChI is InChI=1S/C24H23Cl2IN4O3/c1-14-10-17(13-20(33-3)23(14)34-4)30(2)24-15(6-5-9-29-24)7-8-21(32)31(27)22-18(26)11-16(25)12-19(22)28/h5-13H,28H2,1-4H3/b8-7+. The lowest BCUT2D eigenvalue weighted by molar-refractivity contribution is -0.112. The number of nitrogens with zero attached hydrogens (tertiary/aromatic N) is 3. The van der Waals surface area contributed by atoms with Crippen molar-refractivity contribution in [3.63, 3.8) is 0 Å². The lowest BCUT2D eigenvalue weighted by Gasteiger charge is -2.22. The highest BCUT2D eigenvalue weighted by Crippen LogP contribution is 2.38. The highest BCUT2D eigenvalue weighted by atomic mass is 127. The van der Waals surface area contributed by atoms with E-state index in [1.807, 2.05) is 59.9 Å². The number of pyridine rings is 1. The Morgan fingerprint density at radius 1 is 1.18 bits per heavy atom. The second kappa shape index (κ2) is 11.2. The number of ether oxygens (including phenoxy) is 2. The average molecular weight is 613 g/mol. The lowest BCUT2D eigenvalue weighted by Crippen LogP contribution is -2.19. The number of benzene rings is 2. The van der Waals surface area contributed by atoms with E-state index in [-0.39, 0.29) is 10.9 Å². The van der Waals surface area contributed by atoms with Gasteiger partial charge in [-0.2, -0.15) is 0 Å². The Hall–Kier alpha value is -2.69. The van der Waals surface area contributed by atoms with Crippen LogP contribution in [0, 0.1) is 6.92 Å². The van der Waals surface area contributed by atoms with Gasteiger partial charge in [-0.1, -0.05) is 23.2 Å². The minimum absolute atomic E-state index is 0.284. The van der Waals surface area contributed by atoms with Crippen LogP contribution >= 0.6 is 46.1 Å². The molecule has 0 saturated carbocycles. The number of carbonyl (C=O) groups is 1. The van der Waals surface area contributed by atoms with Crippen LogP contribution in [0.4, 0.5) is 22.9 Å². The van der Waals surface area contributed by atoms with Gasteiger partial charge in [0.15, 0.2) is 11.5 Å². The highest BCUT2D eigenvalue weighted by Gasteiger charge is 2.19. The van der Waals surface area contributed by atoms with Crippen LogP contribution in [0.1, 0.15) is 11.1 Å². The summed E-state index contributed by atoms with van der Waals surface area (Å²) >= 11 is 14.1.